The number of anilines is 2. The molecule has 3 aromatic rings. The lowest BCUT2D eigenvalue weighted by Crippen LogP contribution is -1.89. The zero-order valence-electron chi connectivity index (χ0n) is 8.77. The van der Waals surface area contributed by atoms with Crippen LogP contribution >= 0.6 is 11.6 Å². The van der Waals surface area contributed by atoms with Crippen LogP contribution in [0.1, 0.15) is 5.89 Å². The highest BCUT2D eigenvalue weighted by Crippen LogP contribution is 2.27. The maximum absolute atomic E-state index is 5.96. The Bertz CT molecular complexity index is 676. The lowest BCUT2D eigenvalue weighted by Gasteiger charge is -1.91. The fourth-order valence-corrected chi connectivity index (χ4v) is 1.62. The highest BCUT2D eigenvalue weighted by molar-refractivity contribution is 6.34. The van der Waals surface area contributed by atoms with Crippen molar-refractivity contribution in [1.82, 2.24) is 15.2 Å². The van der Waals surface area contributed by atoms with Gasteiger partial charge in [0.1, 0.15) is 5.52 Å². The largest absolute Gasteiger partial charge is 0.422 e. The first kappa shape index (κ1) is 10.1. The molecule has 1 N–H and O–H groups in total. The number of benzene rings is 1. The Balaban J connectivity index is 1.98. The van der Waals surface area contributed by atoms with Crippen molar-refractivity contribution in [3.8, 4) is 0 Å². The Hall–Kier alpha value is -2.08. The van der Waals surface area contributed by atoms with Crippen molar-refractivity contribution in [1.29, 1.82) is 0 Å². The van der Waals surface area contributed by atoms with E-state index in [1.165, 1.54) is 0 Å². The molecule has 0 aliphatic carbocycles. The normalized spacial score (nSPS) is 10.9. The molecule has 0 radical (unpaired) electrons. The van der Waals surface area contributed by atoms with Crippen LogP contribution in [-0.4, -0.2) is 15.2 Å². The minimum absolute atomic E-state index is 0.227. The van der Waals surface area contributed by atoms with Gasteiger partial charge < -0.3 is 8.83 Å². The molecule has 7 heteroatoms. The van der Waals surface area contributed by atoms with Crippen molar-refractivity contribution in [3.05, 3.63) is 29.1 Å². The molecule has 1 aromatic carbocycles. The molecule has 0 atom stereocenters. The van der Waals surface area contributed by atoms with E-state index in [0.717, 1.165) is 0 Å². The van der Waals surface area contributed by atoms with Gasteiger partial charge in [0.15, 0.2) is 5.58 Å². The van der Waals surface area contributed by atoms with E-state index in [0.29, 0.717) is 22.0 Å². The van der Waals surface area contributed by atoms with Gasteiger partial charge in [0.25, 0.3) is 0 Å². The van der Waals surface area contributed by atoms with Crippen LogP contribution in [0, 0.1) is 6.92 Å². The standard InChI is InChI=1S/C10H7ClN4O2/c1-5-14-15-10(16-5)13-9-12-7-4-2-3-6(11)8(7)17-9/h2-4H,1H3,(H,12,13,15). The summed E-state index contributed by atoms with van der Waals surface area (Å²) in [5.74, 6) is 0.460. The van der Waals surface area contributed by atoms with Crippen molar-refractivity contribution in [2.24, 2.45) is 0 Å². The van der Waals surface area contributed by atoms with E-state index in [1.807, 2.05) is 0 Å². The Labute approximate surface area is 101 Å². The van der Waals surface area contributed by atoms with E-state index in [-0.39, 0.29) is 12.0 Å². The fraction of sp³-hybridized carbons (Fsp3) is 0.100. The van der Waals surface area contributed by atoms with E-state index < -0.39 is 0 Å². The summed E-state index contributed by atoms with van der Waals surface area (Å²) in [6.45, 7) is 1.70. The molecule has 0 aliphatic rings. The van der Waals surface area contributed by atoms with E-state index in [9.17, 15) is 0 Å². The van der Waals surface area contributed by atoms with Gasteiger partial charge in [-0.15, -0.1) is 5.10 Å². The summed E-state index contributed by atoms with van der Waals surface area (Å²) in [6, 6.07) is 5.82. The van der Waals surface area contributed by atoms with Crippen LogP contribution < -0.4 is 5.32 Å². The van der Waals surface area contributed by atoms with Crippen LogP contribution in [-0.2, 0) is 0 Å². The fourth-order valence-electron chi connectivity index (χ4n) is 1.41. The SMILES string of the molecule is Cc1nnc(Nc2nc3cccc(Cl)c3o2)o1. The van der Waals surface area contributed by atoms with Gasteiger partial charge in [-0.3, -0.25) is 5.32 Å². The molecule has 2 aromatic heterocycles. The number of aryl methyl sites for hydroxylation is 1. The number of aromatic nitrogens is 3. The first-order valence-corrected chi connectivity index (χ1v) is 5.22. The molecule has 0 saturated heterocycles. The summed E-state index contributed by atoms with van der Waals surface area (Å²) in [5, 5.41) is 10.7. The highest BCUT2D eigenvalue weighted by Gasteiger charge is 2.11. The summed E-state index contributed by atoms with van der Waals surface area (Å²) < 4.78 is 10.6. The second-order valence-corrected chi connectivity index (χ2v) is 3.77. The zero-order chi connectivity index (χ0) is 11.8. The molecule has 0 spiro atoms. The first-order chi connectivity index (χ1) is 8.22. The number of rotatable bonds is 2. The zero-order valence-corrected chi connectivity index (χ0v) is 9.52. The van der Waals surface area contributed by atoms with Crippen molar-refractivity contribution >= 4 is 34.7 Å². The molecule has 0 saturated carbocycles. The van der Waals surface area contributed by atoms with E-state index in [4.69, 9.17) is 20.4 Å². The molecule has 2 heterocycles. The molecule has 0 bridgehead atoms. The predicted molar refractivity (Wildman–Crippen MR) is 61.3 cm³/mol. The average Bonchev–Trinajstić information content (AvgIpc) is 2.86. The minimum atomic E-state index is 0.227. The number of oxazole rings is 1. The Morgan fingerprint density at radius 1 is 1.18 bits per heavy atom. The van der Waals surface area contributed by atoms with E-state index >= 15 is 0 Å². The lowest BCUT2D eigenvalue weighted by atomic mass is 10.3. The third-order valence-corrected chi connectivity index (χ3v) is 2.40. The summed E-state index contributed by atoms with van der Waals surface area (Å²) in [4.78, 5) is 4.19. The molecule has 17 heavy (non-hydrogen) atoms. The van der Waals surface area contributed by atoms with Crippen LogP contribution in [0.3, 0.4) is 0 Å². The van der Waals surface area contributed by atoms with Crippen molar-refractivity contribution in [2.75, 3.05) is 5.32 Å². The van der Waals surface area contributed by atoms with Gasteiger partial charge in [-0.2, -0.15) is 4.98 Å². The lowest BCUT2D eigenvalue weighted by molar-refractivity contribution is 0.528. The summed E-state index contributed by atoms with van der Waals surface area (Å²) in [7, 11) is 0. The number of nitrogens with one attached hydrogen (secondary N) is 1. The quantitative estimate of drug-likeness (QED) is 0.753. The topological polar surface area (TPSA) is 77.0 Å². The van der Waals surface area contributed by atoms with E-state index in [1.54, 1.807) is 25.1 Å². The van der Waals surface area contributed by atoms with Gasteiger partial charge in [-0.25, -0.2) is 0 Å². The first-order valence-electron chi connectivity index (χ1n) is 4.84. The monoisotopic (exact) mass is 250 g/mol. The number of halogens is 1. The van der Waals surface area contributed by atoms with Crippen molar-refractivity contribution < 1.29 is 8.83 Å². The maximum atomic E-state index is 5.96. The van der Waals surface area contributed by atoms with Gasteiger partial charge >= 0.3 is 12.0 Å². The predicted octanol–water partition coefficient (Wildman–Crippen LogP) is 2.92. The minimum Gasteiger partial charge on any atom is -0.422 e. The summed E-state index contributed by atoms with van der Waals surface area (Å²) in [6.07, 6.45) is 0. The maximum Gasteiger partial charge on any atom is 0.323 e. The Morgan fingerprint density at radius 3 is 2.76 bits per heavy atom. The van der Waals surface area contributed by atoms with Crippen LogP contribution in [0.25, 0.3) is 11.1 Å². The van der Waals surface area contributed by atoms with Crippen molar-refractivity contribution in [3.63, 3.8) is 0 Å². The second kappa shape index (κ2) is 3.74. The number of nitrogens with zero attached hydrogens (tertiary/aromatic N) is 3. The Kier molecular flexibility index (Phi) is 2.22. The van der Waals surface area contributed by atoms with Crippen LogP contribution in [0.15, 0.2) is 27.0 Å². The second-order valence-electron chi connectivity index (χ2n) is 3.36. The van der Waals surface area contributed by atoms with Gasteiger partial charge in [-0.05, 0) is 12.1 Å². The van der Waals surface area contributed by atoms with Crippen molar-refractivity contribution in [2.45, 2.75) is 6.92 Å². The molecule has 86 valence electrons. The third kappa shape index (κ3) is 1.83. The van der Waals surface area contributed by atoms with Gasteiger partial charge in [-0.1, -0.05) is 22.8 Å². The van der Waals surface area contributed by atoms with Crippen LogP contribution in [0.5, 0.6) is 0 Å². The number of hydrogen-bond acceptors (Lipinski definition) is 6. The molecule has 3 rings (SSSR count). The smallest absolute Gasteiger partial charge is 0.323 e. The molecular weight excluding hydrogens is 244 g/mol. The van der Waals surface area contributed by atoms with Gasteiger partial charge in [0.05, 0.1) is 5.02 Å². The molecule has 0 aliphatic heterocycles. The van der Waals surface area contributed by atoms with Crippen LogP contribution in [0.4, 0.5) is 12.0 Å². The van der Waals surface area contributed by atoms with E-state index in [2.05, 4.69) is 20.5 Å². The number of para-hydroxylation sites is 1. The summed E-state index contributed by atoms with van der Waals surface area (Å²) >= 11 is 5.96. The molecular formula is C10H7ClN4O2. The third-order valence-electron chi connectivity index (χ3n) is 2.11. The number of fused-ring (bicyclic) bond motifs is 1. The molecule has 6 nitrogen and oxygen atoms in total. The molecule has 0 unspecified atom stereocenters. The van der Waals surface area contributed by atoms with Gasteiger partial charge in [0.2, 0.25) is 5.89 Å². The molecule has 0 fully saturated rings. The van der Waals surface area contributed by atoms with Gasteiger partial charge in [0, 0.05) is 6.92 Å². The highest BCUT2D eigenvalue weighted by atomic mass is 35.5. The average molecular weight is 251 g/mol. The molecule has 0 amide bonds. The summed E-state index contributed by atoms with van der Waals surface area (Å²) in [5.41, 5.74) is 1.18. The van der Waals surface area contributed by atoms with Crippen LogP contribution in [0.2, 0.25) is 5.02 Å². The Morgan fingerprint density at radius 2 is 2.06 bits per heavy atom. The number of hydrogen-bond donors (Lipinski definition) is 1.